The largest absolute Gasteiger partial charge is 0.385 e. The third-order valence-electron chi connectivity index (χ3n) is 1.83. The van der Waals surface area contributed by atoms with E-state index in [1.54, 1.807) is 17.2 Å². The highest BCUT2D eigenvalue weighted by atomic mass is 16.7. The van der Waals surface area contributed by atoms with Crippen LogP contribution in [0.4, 0.5) is 11.4 Å². The van der Waals surface area contributed by atoms with Crippen molar-refractivity contribution >= 4 is 11.4 Å². The van der Waals surface area contributed by atoms with E-state index < -0.39 is 0 Å². The number of diazo groups is 1. The summed E-state index contributed by atoms with van der Waals surface area (Å²) in [4.78, 5) is 8.47. The number of benzene rings is 1. The van der Waals surface area contributed by atoms with Crippen LogP contribution in [-0.2, 0) is 4.84 Å². The molecule has 0 spiro atoms. The van der Waals surface area contributed by atoms with Gasteiger partial charge in [0.1, 0.15) is 0 Å². The highest BCUT2D eigenvalue weighted by molar-refractivity contribution is 5.53. The molecule has 0 aromatic heterocycles. The predicted molar refractivity (Wildman–Crippen MR) is 55.8 cm³/mol. The van der Waals surface area contributed by atoms with Crippen LogP contribution in [0.25, 0.3) is 4.98 Å². The maximum atomic E-state index is 8.51. The van der Waals surface area contributed by atoms with Gasteiger partial charge in [-0.1, -0.05) is 0 Å². The molecule has 1 aromatic rings. The van der Waals surface area contributed by atoms with Gasteiger partial charge < -0.3 is 0 Å². The second-order valence-electron chi connectivity index (χ2n) is 2.73. The quantitative estimate of drug-likeness (QED) is 0.544. The molecule has 0 unspecified atom stereocenters. The van der Waals surface area contributed by atoms with E-state index in [4.69, 9.17) is 10.2 Å². The molecule has 0 radical (unpaired) electrons. The van der Waals surface area contributed by atoms with Gasteiger partial charge in [-0.05, 0) is 26.0 Å². The van der Waals surface area contributed by atoms with Crippen LogP contribution in [0.1, 0.15) is 13.8 Å². The van der Waals surface area contributed by atoms with Crippen LogP contribution < -0.4 is 5.06 Å². The zero-order chi connectivity index (χ0) is 10.4. The molecular weight excluding hydrogens is 178 g/mol. The van der Waals surface area contributed by atoms with E-state index in [0.29, 0.717) is 12.3 Å². The molecule has 0 fully saturated rings. The molecule has 0 bridgehead atoms. The van der Waals surface area contributed by atoms with E-state index in [1.165, 1.54) is 0 Å². The lowest BCUT2D eigenvalue weighted by molar-refractivity contribution is 0.123. The van der Waals surface area contributed by atoms with E-state index in [-0.39, 0.29) is 0 Å². The van der Waals surface area contributed by atoms with Crippen LogP contribution in [-0.4, -0.2) is 13.2 Å². The van der Waals surface area contributed by atoms with Crippen LogP contribution in [0.2, 0.25) is 0 Å². The topological polar surface area (TPSA) is 40.6 Å². The van der Waals surface area contributed by atoms with Crippen molar-refractivity contribution in [1.29, 1.82) is 5.39 Å². The van der Waals surface area contributed by atoms with Gasteiger partial charge in [-0.3, -0.25) is 9.90 Å². The average molecular weight is 192 g/mol. The summed E-state index contributed by atoms with van der Waals surface area (Å²) in [6, 6.07) is 7.18. The Labute approximate surface area is 83.7 Å². The summed E-state index contributed by atoms with van der Waals surface area (Å²) in [6.07, 6.45) is 0. The molecule has 14 heavy (non-hydrogen) atoms. The van der Waals surface area contributed by atoms with Gasteiger partial charge in [-0.25, -0.2) is 0 Å². The second-order valence-corrected chi connectivity index (χ2v) is 2.73. The summed E-state index contributed by atoms with van der Waals surface area (Å²) in [7, 11) is 0. The van der Waals surface area contributed by atoms with E-state index in [2.05, 4.69) is 4.98 Å². The molecule has 0 amide bonds. The fraction of sp³-hybridized carbons (Fsp3) is 0.400. The molecule has 4 nitrogen and oxygen atoms in total. The van der Waals surface area contributed by atoms with Gasteiger partial charge in [0, 0.05) is 18.7 Å². The van der Waals surface area contributed by atoms with Crippen LogP contribution >= 0.6 is 0 Å². The molecule has 0 saturated heterocycles. The minimum Gasteiger partial charge on any atom is -0.274 e. The summed E-state index contributed by atoms with van der Waals surface area (Å²) in [5.74, 6) is 0. The van der Waals surface area contributed by atoms with E-state index in [1.807, 2.05) is 26.0 Å². The average Bonchev–Trinajstić information content (AvgIpc) is 2.26. The van der Waals surface area contributed by atoms with Gasteiger partial charge in [-0.2, -0.15) is 0 Å². The Bertz CT molecular complexity index is 315. The normalized spacial score (nSPS) is 9.50. The predicted octanol–water partition coefficient (Wildman–Crippen LogP) is 2.95. The molecular formula is C10H14N3O+. The monoisotopic (exact) mass is 192 g/mol. The van der Waals surface area contributed by atoms with Crippen LogP contribution in [0.15, 0.2) is 24.3 Å². The summed E-state index contributed by atoms with van der Waals surface area (Å²) < 4.78 is 0. The van der Waals surface area contributed by atoms with Crippen molar-refractivity contribution in [2.45, 2.75) is 13.8 Å². The summed E-state index contributed by atoms with van der Waals surface area (Å²) in [5, 5.41) is 10.3. The second kappa shape index (κ2) is 5.20. The number of hydroxylamine groups is 1. The van der Waals surface area contributed by atoms with Gasteiger partial charge >= 0.3 is 5.69 Å². The lowest BCUT2D eigenvalue weighted by atomic mass is 10.3. The molecule has 1 rings (SSSR count). The first-order valence-corrected chi connectivity index (χ1v) is 4.67. The molecule has 0 heterocycles. The molecule has 1 aromatic carbocycles. The van der Waals surface area contributed by atoms with Crippen molar-refractivity contribution in [3.63, 3.8) is 0 Å². The van der Waals surface area contributed by atoms with Gasteiger partial charge in [-0.15, -0.1) is 0 Å². The minimum absolute atomic E-state index is 0.543. The van der Waals surface area contributed by atoms with Gasteiger partial charge in [0.25, 0.3) is 0 Å². The fourth-order valence-corrected chi connectivity index (χ4v) is 1.19. The zero-order valence-corrected chi connectivity index (χ0v) is 8.47. The van der Waals surface area contributed by atoms with Crippen molar-refractivity contribution in [2.24, 2.45) is 0 Å². The highest BCUT2D eigenvalue weighted by Gasteiger charge is 2.07. The molecule has 0 N–H and O–H groups in total. The van der Waals surface area contributed by atoms with Crippen LogP contribution in [0.5, 0.6) is 0 Å². The smallest absolute Gasteiger partial charge is 0.274 e. The molecule has 0 atom stereocenters. The van der Waals surface area contributed by atoms with Crippen molar-refractivity contribution in [2.75, 3.05) is 18.2 Å². The maximum Gasteiger partial charge on any atom is 0.385 e. The van der Waals surface area contributed by atoms with E-state index >= 15 is 0 Å². The molecule has 4 heteroatoms. The molecule has 0 aliphatic rings. The molecule has 0 saturated carbocycles. The number of hydrogen-bond acceptors (Lipinski definition) is 3. The highest BCUT2D eigenvalue weighted by Crippen LogP contribution is 2.19. The van der Waals surface area contributed by atoms with E-state index in [9.17, 15) is 0 Å². The van der Waals surface area contributed by atoms with Gasteiger partial charge in [0.15, 0.2) is 4.98 Å². The van der Waals surface area contributed by atoms with Gasteiger partial charge in [0.05, 0.1) is 12.3 Å². The number of hydrogen-bond donors (Lipinski definition) is 0. The van der Waals surface area contributed by atoms with Crippen molar-refractivity contribution < 1.29 is 4.84 Å². The van der Waals surface area contributed by atoms with Crippen molar-refractivity contribution in [3.05, 3.63) is 29.2 Å². The maximum absolute atomic E-state index is 8.51. The standard InChI is InChI=1S/C10H14N3O/c1-3-13(14-4-2)10-7-5-9(12-11)6-8-10/h5-8H,3-4H2,1-2H3/q+1. The Morgan fingerprint density at radius 2 is 1.93 bits per heavy atom. The van der Waals surface area contributed by atoms with Gasteiger partial charge in [0.2, 0.25) is 5.39 Å². The molecule has 0 aliphatic heterocycles. The lowest BCUT2D eigenvalue weighted by Crippen LogP contribution is -2.22. The number of nitrogens with zero attached hydrogens (tertiary/aromatic N) is 3. The lowest BCUT2D eigenvalue weighted by Gasteiger charge is -2.20. The first kappa shape index (κ1) is 10.5. The summed E-state index contributed by atoms with van der Waals surface area (Å²) in [6.45, 7) is 5.38. The Kier molecular flexibility index (Phi) is 3.89. The van der Waals surface area contributed by atoms with Crippen molar-refractivity contribution in [1.82, 2.24) is 0 Å². The number of rotatable bonds is 4. The molecule has 74 valence electrons. The first-order valence-electron chi connectivity index (χ1n) is 4.67. The van der Waals surface area contributed by atoms with Crippen LogP contribution in [0, 0.1) is 5.39 Å². The molecule has 0 aliphatic carbocycles. The zero-order valence-electron chi connectivity index (χ0n) is 8.47. The summed E-state index contributed by atoms with van der Waals surface area (Å²) in [5.41, 5.74) is 1.50. The Balaban J connectivity index is 2.79. The van der Waals surface area contributed by atoms with Crippen LogP contribution in [0.3, 0.4) is 0 Å². The fourth-order valence-electron chi connectivity index (χ4n) is 1.19. The first-order chi connectivity index (χ1) is 6.81. The minimum atomic E-state index is 0.543. The third-order valence-corrected chi connectivity index (χ3v) is 1.83. The van der Waals surface area contributed by atoms with E-state index in [0.717, 1.165) is 12.2 Å². The Morgan fingerprint density at radius 3 is 2.36 bits per heavy atom. The Hall–Kier alpha value is -1.60. The Morgan fingerprint density at radius 1 is 1.29 bits per heavy atom. The van der Waals surface area contributed by atoms with Crippen molar-refractivity contribution in [3.8, 4) is 0 Å². The summed E-state index contributed by atoms with van der Waals surface area (Å²) >= 11 is 0. The number of anilines is 1. The SMILES string of the molecule is CCON(CC)c1ccc([N+]#N)cc1. The third kappa shape index (κ3) is 2.44.